The van der Waals surface area contributed by atoms with Gasteiger partial charge in [0.2, 0.25) is 0 Å². The van der Waals surface area contributed by atoms with Crippen molar-refractivity contribution in [3.05, 3.63) is 34.9 Å². The lowest BCUT2D eigenvalue weighted by Gasteiger charge is -2.11. The molecule has 0 saturated carbocycles. The van der Waals surface area contributed by atoms with Gasteiger partial charge in [-0.25, -0.2) is 0 Å². The Morgan fingerprint density at radius 1 is 1.47 bits per heavy atom. The highest BCUT2D eigenvalue weighted by molar-refractivity contribution is 6.31. The Hall–Kier alpha value is -0.770. The third-order valence-corrected chi connectivity index (χ3v) is 2.54. The Morgan fingerprint density at radius 3 is 2.71 bits per heavy atom. The number of ether oxygens (including phenoxy) is 1. The van der Waals surface area contributed by atoms with Crippen molar-refractivity contribution in [2.75, 3.05) is 6.61 Å². The lowest BCUT2D eigenvalue weighted by atomic mass is 10.0. The fourth-order valence-electron chi connectivity index (χ4n) is 1.45. The normalized spacial score (nSPS) is 11.5. The molecule has 1 aromatic rings. The van der Waals surface area contributed by atoms with Crippen LogP contribution in [0.3, 0.4) is 0 Å². The Labute approximate surface area is 113 Å². The topological polar surface area (TPSA) is 52.3 Å². The van der Waals surface area contributed by atoms with Gasteiger partial charge >= 0.3 is 5.97 Å². The van der Waals surface area contributed by atoms with Gasteiger partial charge in [0, 0.05) is 11.1 Å². The number of hydrogen-bond acceptors (Lipinski definition) is 3. The van der Waals surface area contributed by atoms with Crippen molar-refractivity contribution >= 4 is 30.0 Å². The van der Waals surface area contributed by atoms with Gasteiger partial charge in [0.05, 0.1) is 13.0 Å². The molecule has 5 heteroatoms. The molecule has 0 aliphatic rings. The number of halogens is 2. The molecule has 0 aliphatic carbocycles. The van der Waals surface area contributed by atoms with E-state index >= 15 is 0 Å². The number of carbonyl (C=O) groups excluding carboxylic acids is 1. The van der Waals surface area contributed by atoms with Crippen LogP contribution in [-0.2, 0) is 16.0 Å². The van der Waals surface area contributed by atoms with Gasteiger partial charge in [0.1, 0.15) is 0 Å². The first-order chi connectivity index (χ1) is 7.63. The standard InChI is InChI=1S/C12H16ClNO2.ClH/c1-2-16-12(15)8-10(14)7-9-5-3-4-6-11(9)13;/h3-6,10H,2,7-8,14H2,1H3;1H/t10-;/m1./s1. The summed E-state index contributed by atoms with van der Waals surface area (Å²) in [6.07, 6.45) is 0.803. The first-order valence-corrected chi connectivity index (χ1v) is 5.66. The first-order valence-electron chi connectivity index (χ1n) is 5.28. The molecular weight excluding hydrogens is 261 g/mol. The molecule has 0 aliphatic heterocycles. The van der Waals surface area contributed by atoms with Gasteiger partial charge in [-0.15, -0.1) is 12.4 Å². The Kier molecular flexibility index (Phi) is 7.96. The molecule has 0 bridgehead atoms. The molecule has 0 unspecified atom stereocenters. The minimum atomic E-state index is -0.262. The highest BCUT2D eigenvalue weighted by Gasteiger charge is 2.12. The molecule has 1 rings (SSSR count). The van der Waals surface area contributed by atoms with Crippen LogP contribution >= 0.6 is 24.0 Å². The Morgan fingerprint density at radius 2 is 2.12 bits per heavy atom. The summed E-state index contributed by atoms with van der Waals surface area (Å²) in [5.74, 6) is -0.262. The number of benzene rings is 1. The largest absolute Gasteiger partial charge is 0.466 e. The van der Waals surface area contributed by atoms with Crippen LogP contribution in [0, 0.1) is 0 Å². The van der Waals surface area contributed by atoms with E-state index in [-0.39, 0.29) is 30.8 Å². The second-order valence-corrected chi connectivity index (χ2v) is 3.97. The number of hydrogen-bond donors (Lipinski definition) is 1. The van der Waals surface area contributed by atoms with Crippen molar-refractivity contribution < 1.29 is 9.53 Å². The van der Waals surface area contributed by atoms with Crippen molar-refractivity contribution in [2.45, 2.75) is 25.8 Å². The molecule has 0 saturated heterocycles. The van der Waals surface area contributed by atoms with E-state index in [4.69, 9.17) is 22.1 Å². The summed E-state index contributed by atoms with van der Waals surface area (Å²) in [7, 11) is 0. The van der Waals surface area contributed by atoms with Crippen LogP contribution < -0.4 is 5.73 Å². The molecule has 1 atom stereocenters. The molecule has 0 fully saturated rings. The van der Waals surface area contributed by atoms with Crippen LogP contribution in [0.5, 0.6) is 0 Å². The van der Waals surface area contributed by atoms with Crippen molar-refractivity contribution in [1.82, 2.24) is 0 Å². The van der Waals surface area contributed by atoms with Gasteiger partial charge < -0.3 is 10.5 Å². The molecule has 0 aromatic heterocycles. The maximum atomic E-state index is 11.2. The van der Waals surface area contributed by atoms with E-state index in [1.807, 2.05) is 24.3 Å². The second-order valence-electron chi connectivity index (χ2n) is 3.56. The van der Waals surface area contributed by atoms with E-state index in [0.29, 0.717) is 18.1 Å². The third kappa shape index (κ3) is 5.91. The first kappa shape index (κ1) is 16.2. The molecule has 0 radical (unpaired) electrons. The fraction of sp³-hybridized carbons (Fsp3) is 0.417. The maximum absolute atomic E-state index is 11.2. The molecule has 1 aromatic carbocycles. The van der Waals surface area contributed by atoms with Gasteiger partial charge in [-0.2, -0.15) is 0 Å². The molecule has 0 amide bonds. The summed E-state index contributed by atoms with van der Waals surface area (Å²) < 4.78 is 4.83. The lowest BCUT2D eigenvalue weighted by Crippen LogP contribution is -2.27. The maximum Gasteiger partial charge on any atom is 0.307 e. The van der Waals surface area contributed by atoms with Crippen LogP contribution in [-0.4, -0.2) is 18.6 Å². The Bertz CT molecular complexity index is 358. The SMILES string of the molecule is CCOC(=O)C[C@H](N)Cc1ccccc1Cl.Cl. The van der Waals surface area contributed by atoms with Gasteiger partial charge in [-0.3, -0.25) is 4.79 Å². The number of carbonyl (C=O) groups is 1. The zero-order valence-corrected chi connectivity index (χ0v) is 11.3. The van der Waals surface area contributed by atoms with Crippen LogP contribution in [0.15, 0.2) is 24.3 Å². The fourth-order valence-corrected chi connectivity index (χ4v) is 1.67. The highest BCUT2D eigenvalue weighted by atomic mass is 35.5. The molecule has 0 heterocycles. The quantitative estimate of drug-likeness (QED) is 0.842. The lowest BCUT2D eigenvalue weighted by molar-refractivity contribution is -0.143. The monoisotopic (exact) mass is 277 g/mol. The number of esters is 1. The molecule has 96 valence electrons. The van der Waals surface area contributed by atoms with Crippen LogP contribution in [0.2, 0.25) is 5.02 Å². The minimum Gasteiger partial charge on any atom is -0.466 e. The zero-order valence-electron chi connectivity index (χ0n) is 9.69. The molecule has 17 heavy (non-hydrogen) atoms. The van der Waals surface area contributed by atoms with E-state index < -0.39 is 0 Å². The molecule has 3 nitrogen and oxygen atoms in total. The number of rotatable bonds is 5. The minimum absolute atomic E-state index is 0. The van der Waals surface area contributed by atoms with Crippen molar-refractivity contribution in [3.8, 4) is 0 Å². The average Bonchev–Trinajstić information content (AvgIpc) is 2.21. The van der Waals surface area contributed by atoms with Gasteiger partial charge in [0.15, 0.2) is 0 Å². The van der Waals surface area contributed by atoms with E-state index in [1.54, 1.807) is 6.92 Å². The summed E-state index contributed by atoms with van der Waals surface area (Å²) in [6.45, 7) is 2.16. The van der Waals surface area contributed by atoms with Gasteiger partial charge in [-0.1, -0.05) is 29.8 Å². The van der Waals surface area contributed by atoms with E-state index in [0.717, 1.165) is 5.56 Å². The third-order valence-electron chi connectivity index (χ3n) is 2.17. The van der Waals surface area contributed by atoms with E-state index in [1.165, 1.54) is 0 Å². The van der Waals surface area contributed by atoms with Crippen LogP contribution in [0.4, 0.5) is 0 Å². The molecule has 2 N–H and O–H groups in total. The van der Waals surface area contributed by atoms with Gasteiger partial charge in [0.25, 0.3) is 0 Å². The summed E-state index contributed by atoms with van der Waals surface area (Å²) in [5.41, 5.74) is 6.81. The number of nitrogens with two attached hydrogens (primary N) is 1. The predicted octanol–water partition coefficient (Wildman–Crippen LogP) is 2.58. The summed E-state index contributed by atoms with van der Waals surface area (Å²) in [5, 5.41) is 0.682. The van der Waals surface area contributed by atoms with E-state index in [9.17, 15) is 4.79 Å². The Balaban J connectivity index is 0.00000256. The van der Waals surface area contributed by atoms with Gasteiger partial charge in [-0.05, 0) is 25.0 Å². The van der Waals surface area contributed by atoms with Crippen LogP contribution in [0.25, 0.3) is 0 Å². The van der Waals surface area contributed by atoms with E-state index in [2.05, 4.69) is 0 Å². The smallest absolute Gasteiger partial charge is 0.307 e. The highest BCUT2D eigenvalue weighted by Crippen LogP contribution is 2.16. The van der Waals surface area contributed by atoms with Crippen molar-refractivity contribution in [3.63, 3.8) is 0 Å². The molecule has 0 spiro atoms. The average molecular weight is 278 g/mol. The van der Waals surface area contributed by atoms with Crippen LogP contribution in [0.1, 0.15) is 18.9 Å². The van der Waals surface area contributed by atoms with Crippen molar-refractivity contribution in [1.29, 1.82) is 0 Å². The predicted molar refractivity (Wildman–Crippen MR) is 71.6 cm³/mol. The summed E-state index contributed by atoms with van der Waals surface area (Å²) >= 11 is 5.99. The summed E-state index contributed by atoms with van der Waals surface area (Å²) in [4.78, 5) is 11.2. The summed E-state index contributed by atoms with van der Waals surface area (Å²) in [6, 6.07) is 7.24. The second kappa shape index (κ2) is 8.34. The van der Waals surface area contributed by atoms with Crippen molar-refractivity contribution in [2.24, 2.45) is 5.73 Å². The molecular formula is C12H17Cl2NO2. The zero-order chi connectivity index (χ0) is 12.0.